The molecule has 3 heteroatoms. The molecule has 2 aromatic rings. The standard InChI is InChI=1S/C22H29NO2/c1-16-14-19-21(11-7-13-25-22(19)15-17(16)2)23-20(10-6-12-24)18-8-4-3-5-9-18/h3-5,8-9,14-15,20-21,23-24H,6-7,10-13H2,1-2H3. The van der Waals surface area contributed by atoms with Gasteiger partial charge in [-0.3, -0.25) is 0 Å². The highest BCUT2D eigenvalue weighted by molar-refractivity contribution is 5.44. The van der Waals surface area contributed by atoms with Crippen LogP contribution >= 0.6 is 0 Å². The first kappa shape index (κ1) is 18.0. The summed E-state index contributed by atoms with van der Waals surface area (Å²) in [6, 6.07) is 15.5. The molecule has 3 rings (SSSR count). The monoisotopic (exact) mass is 339 g/mol. The van der Waals surface area contributed by atoms with E-state index in [4.69, 9.17) is 4.74 Å². The molecule has 2 N–H and O–H groups in total. The van der Waals surface area contributed by atoms with Gasteiger partial charge in [0, 0.05) is 24.3 Å². The van der Waals surface area contributed by atoms with Crippen molar-refractivity contribution < 1.29 is 9.84 Å². The second-order valence-corrected chi connectivity index (χ2v) is 7.01. The van der Waals surface area contributed by atoms with Crippen molar-refractivity contribution >= 4 is 0 Å². The maximum absolute atomic E-state index is 9.29. The van der Waals surface area contributed by atoms with Crippen LogP contribution in [0.3, 0.4) is 0 Å². The summed E-state index contributed by atoms with van der Waals surface area (Å²) in [6.45, 7) is 5.31. The van der Waals surface area contributed by atoms with Crippen LogP contribution in [0.1, 0.15) is 60.0 Å². The number of fused-ring (bicyclic) bond motifs is 1. The van der Waals surface area contributed by atoms with Gasteiger partial charge in [0.1, 0.15) is 5.75 Å². The molecule has 134 valence electrons. The Morgan fingerprint density at radius 1 is 1.16 bits per heavy atom. The number of rotatable bonds is 6. The van der Waals surface area contributed by atoms with E-state index < -0.39 is 0 Å². The van der Waals surface area contributed by atoms with E-state index in [-0.39, 0.29) is 18.7 Å². The second-order valence-electron chi connectivity index (χ2n) is 7.01. The first-order valence-electron chi connectivity index (χ1n) is 9.35. The minimum atomic E-state index is 0.230. The molecule has 0 aromatic heterocycles. The van der Waals surface area contributed by atoms with Crippen LogP contribution in [-0.4, -0.2) is 18.3 Å². The normalized spacial score (nSPS) is 18.1. The molecule has 0 saturated heterocycles. The largest absolute Gasteiger partial charge is 0.493 e. The van der Waals surface area contributed by atoms with E-state index in [2.05, 4.69) is 55.6 Å². The van der Waals surface area contributed by atoms with Crippen molar-refractivity contribution in [3.05, 3.63) is 64.7 Å². The summed E-state index contributed by atoms with van der Waals surface area (Å²) in [5.41, 5.74) is 5.14. The second kappa shape index (κ2) is 8.50. The van der Waals surface area contributed by atoms with Crippen molar-refractivity contribution in [1.82, 2.24) is 5.32 Å². The highest BCUT2D eigenvalue weighted by atomic mass is 16.5. The van der Waals surface area contributed by atoms with E-state index in [0.29, 0.717) is 0 Å². The number of ether oxygens (including phenoxy) is 1. The quantitative estimate of drug-likeness (QED) is 0.807. The molecule has 0 aliphatic carbocycles. The summed E-state index contributed by atoms with van der Waals surface area (Å²) in [6.07, 6.45) is 3.84. The van der Waals surface area contributed by atoms with Gasteiger partial charge in [-0.15, -0.1) is 0 Å². The third-order valence-electron chi connectivity index (χ3n) is 5.15. The molecule has 0 amide bonds. The van der Waals surface area contributed by atoms with Crippen molar-refractivity contribution in [1.29, 1.82) is 0 Å². The zero-order valence-electron chi connectivity index (χ0n) is 15.3. The van der Waals surface area contributed by atoms with Gasteiger partial charge in [0.15, 0.2) is 0 Å². The maximum Gasteiger partial charge on any atom is 0.124 e. The Morgan fingerprint density at radius 3 is 2.68 bits per heavy atom. The lowest BCUT2D eigenvalue weighted by atomic mass is 9.94. The molecule has 3 nitrogen and oxygen atoms in total. The van der Waals surface area contributed by atoms with E-state index in [1.54, 1.807) is 0 Å². The lowest BCUT2D eigenvalue weighted by molar-refractivity contribution is 0.270. The van der Waals surface area contributed by atoms with E-state index >= 15 is 0 Å². The van der Waals surface area contributed by atoms with Crippen molar-refractivity contribution in [2.75, 3.05) is 13.2 Å². The zero-order chi connectivity index (χ0) is 17.6. The van der Waals surface area contributed by atoms with Gasteiger partial charge in [0.25, 0.3) is 0 Å². The third kappa shape index (κ3) is 4.42. The Labute approximate surface area is 151 Å². The zero-order valence-corrected chi connectivity index (χ0v) is 15.3. The molecule has 0 radical (unpaired) electrons. The van der Waals surface area contributed by atoms with E-state index in [1.807, 2.05) is 6.07 Å². The first-order chi connectivity index (χ1) is 12.2. The molecule has 2 atom stereocenters. The van der Waals surface area contributed by atoms with Gasteiger partial charge in [-0.2, -0.15) is 0 Å². The van der Waals surface area contributed by atoms with Crippen molar-refractivity contribution in [3.8, 4) is 5.75 Å². The number of benzene rings is 2. The predicted molar refractivity (Wildman–Crippen MR) is 102 cm³/mol. The van der Waals surface area contributed by atoms with Crippen LogP contribution < -0.4 is 10.1 Å². The average Bonchev–Trinajstić information content (AvgIpc) is 2.82. The van der Waals surface area contributed by atoms with Crippen molar-refractivity contribution in [2.45, 2.75) is 51.6 Å². The van der Waals surface area contributed by atoms with Gasteiger partial charge < -0.3 is 15.2 Å². The van der Waals surface area contributed by atoms with E-state index in [1.165, 1.54) is 22.3 Å². The number of aliphatic hydroxyl groups excluding tert-OH is 1. The molecule has 0 spiro atoms. The Balaban J connectivity index is 1.88. The Kier molecular flexibility index (Phi) is 6.11. The smallest absolute Gasteiger partial charge is 0.124 e. The number of nitrogens with one attached hydrogen (secondary N) is 1. The molecule has 25 heavy (non-hydrogen) atoms. The maximum atomic E-state index is 9.29. The van der Waals surface area contributed by atoms with Gasteiger partial charge in [0.2, 0.25) is 0 Å². The van der Waals surface area contributed by atoms with Crippen LogP contribution in [0.4, 0.5) is 0 Å². The summed E-state index contributed by atoms with van der Waals surface area (Å²) >= 11 is 0. The molecule has 0 bridgehead atoms. The van der Waals surface area contributed by atoms with Crippen LogP contribution in [-0.2, 0) is 0 Å². The van der Waals surface area contributed by atoms with Gasteiger partial charge >= 0.3 is 0 Å². The molecular formula is C22H29NO2. The summed E-state index contributed by atoms with van der Waals surface area (Å²) in [5.74, 6) is 1.02. The highest BCUT2D eigenvalue weighted by Gasteiger charge is 2.24. The van der Waals surface area contributed by atoms with Crippen LogP contribution in [0.5, 0.6) is 5.75 Å². The van der Waals surface area contributed by atoms with Gasteiger partial charge in [-0.1, -0.05) is 36.4 Å². The Bertz CT molecular complexity index is 684. The average molecular weight is 339 g/mol. The predicted octanol–water partition coefficient (Wildman–Crippen LogP) is 4.62. The molecule has 2 unspecified atom stereocenters. The molecule has 0 saturated carbocycles. The molecule has 2 aromatic carbocycles. The topological polar surface area (TPSA) is 41.5 Å². The molecule has 1 aliphatic heterocycles. The third-order valence-corrected chi connectivity index (χ3v) is 5.15. The van der Waals surface area contributed by atoms with Crippen LogP contribution in [0, 0.1) is 13.8 Å². The number of hydrogen-bond donors (Lipinski definition) is 2. The molecule has 0 fully saturated rings. The number of hydrogen-bond acceptors (Lipinski definition) is 3. The summed E-state index contributed by atoms with van der Waals surface area (Å²) in [4.78, 5) is 0. The Hall–Kier alpha value is -1.84. The van der Waals surface area contributed by atoms with Crippen LogP contribution in [0.15, 0.2) is 42.5 Å². The SMILES string of the molecule is Cc1cc2c(cc1C)C(NC(CCCO)c1ccccc1)CCCO2. The minimum absolute atomic E-state index is 0.230. The van der Waals surface area contributed by atoms with Gasteiger partial charge in [0.05, 0.1) is 6.61 Å². The van der Waals surface area contributed by atoms with Gasteiger partial charge in [-0.05, 0) is 62.3 Å². The molecular weight excluding hydrogens is 310 g/mol. The lowest BCUT2D eigenvalue weighted by Crippen LogP contribution is -2.27. The number of aliphatic hydroxyl groups is 1. The molecule has 1 aliphatic rings. The fourth-order valence-corrected chi connectivity index (χ4v) is 3.58. The highest BCUT2D eigenvalue weighted by Crippen LogP contribution is 2.36. The minimum Gasteiger partial charge on any atom is -0.493 e. The summed E-state index contributed by atoms with van der Waals surface area (Å²) in [5, 5.41) is 13.1. The van der Waals surface area contributed by atoms with Crippen LogP contribution in [0.2, 0.25) is 0 Å². The fourth-order valence-electron chi connectivity index (χ4n) is 3.58. The summed E-state index contributed by atoms with van der Waals surface area (Å²) in [7, 11) is 0. The van der Waals surface area contributed by atoms with Crippen LogP contribution in [0.25, 0.3) is 0 Å². The Morgan fingerprint density at radius 2 is 1.92 bits per heavy atom. The van der Waals surface area contributed by atoms with E-state index in [9.17, 15) is 5.11 Å². The molecule has 1 heterocycles. The first-order valence-corrected chi connectivity index (χ1v) is 9.35. The van der Waals surface area contributed by atoms with Crippen molar-refractivity contribution in [2.24, 2.45) is 0 Å². The van der Waals surface area contributed by atoms with Gasteiger partial charge in [-0.25, -0.2) is 0 Å². The van der Waals surface area contributed by atoms with E-state index in [0.717, 1.165) is 38.0 Å². The lowest BCUT2D eigenvalue weighted by Gasteiger charge is -2.27. The van der Waals surface area contributed by atoms with Crippen molar-refractivity contribution in [3.63, 3.8) is 0 Å². The summed E-state index contributed by atoms with van der Waals surface area (Å²) < 4.78 is 6.00. The fraction of sp³-hybridized carbons (Fsp3) is 0.455. The number of aryl methyl sites for hydroxylation is 2.